The highest BCUT2D eigenvalue weighted by atomic mass is 32.2. The lowest BCUT2D eigenvalue weighted by Gasteiger charge is -2.09. The van der Waals surface area contributed by atoms with Gasteiger partial charge in [-0.3, -0.25) is 0 Å². The molecule has 17 heavy (non-hydrogen) atoms. The number of nitroso groups, excluding NO2 is 1. The van der Waals surface area contributed by atoms with Crippen molar-refractivity contribution >= 4 is 21.8 Å². The van der Waals surface area contributed by atoms with Gasteiger partial charge in [-0.15, -0.1) is 8.42 Å². The van der Waals surface area contributed by atoms with Crippen LogP contribution < -0.4 is 8.87 Å². The Kier molecular flexibility index (Phi) is 3.56. The minimum Gasteiger partial charge on any atom is -0.377 e. The van der Waals surface area contributed by atoms with Gasteiger partial charge in [0.1, 0.15) is 0 Å². The molecule has 0 spiro atoms. The second-order valence-electron chi connectivity index (χ2n) is 3.53. The molecule has 0 unspecified atom stereocenters. The van der Waals surface area contributed by atoms with Crippen LogP contribution in [0.3, 0.4) is 0 Å². The zero-order chi connectivity index (χ0) is 13.2. The average molecular weight is 259 g/mol. The first kappa shape index (κ1) is 13.2. The zero-order valence-corrected chi connectivity index (χ0v) is 10.5. The van der Waals surface area contributed by atoms with Crippen LogP contribution in [0.1, 0.15) is 6.92 Å². The summed E-state index contributed by atoms with van der Waals surface area (Å²) in [5.41, 5.74) is 0.775. The minimum absolute atomic E-state index is 0.553. The summed E-state index contributed by atoms with van der Waals surface area (Å²) in [5.74, 6) is -1.09. The first-order chi connectivity index (χ1) is 7.76. The van der Waals surface area contributed by atoms with Crippen molar-refractivity contribution in [2.75, 3.05) is 19.0 Å². The molecule has 0 atom stereocenters. The van der Waals surface area contributed by atoms with E-state index in [2.05, 4.69) is 0 Å². The highest BCUT2D eigenvalue weighted by molar-refractivity contribution is 7.78. The number of anilines is 1. The third-order valence-electron chi connectivity index (χ3n) is 2.03. The molecule has 0 N–H and O–H groups in total. The van der Waals surface area contributed by atoms with E-state index in [1.807, 2.05) is 0 Å². The number of hydrogen-bond acceptors (Lipinski definition) is 5. The average Bonchev–Trinajstić information content (AvgIpc) is 2.27. The SMILES string of the molecule is CC(=O)[N+](=O)S(=O)(=O)[n+]1ccc(N(C)C)cc1. The largest absolute Gasteiger partial charge is 0.668 e. The van der Waals surface area contributed by atoms with Gasteiger partial charge in [0.15, 0.2) is 12.4 Å². The summed E-state index contributed by atoms with van der Waals surface area (Å²) in [6, 6.07) is 3.04. The van der Waals surface area contributed by atoms with Crippen molar-refractivity contribution in [3.63, 3.8) is 0 Å². The maximum absolute atomic E-state index is 11.6. The molecule has 0 aliphatic rings. The number of carbonyl (C=O) groups excluding carboxylic acids is 1. The molecule has 0 bridgehead atoms. The molecular weight excluding hydrogens is 246 g/mol. The van der Waals surface area contributed by atoms with Crippen LogP contribution in [0.2, 0.25) is 0 Å². The van der Waals surface area contributed by atoms with E-state index < -0.39 is 20.3 Å². The zero-order valence-electron chi connectivity index (χ0n) is 9.69. The van der Waals surface area contributed by atoms with Gasteiger partial charge in [-0.25, -0.2) is 4.79 Å². The monoisotopic (exact) mass is 259 g/mol. The Morgan fingerprint density at radius 1 is 1.29 bits per heavy atom. The van der Waals surface area contributed by atoms with Crippen molar-refractivity contribution < 1.29 is 21.4 Å². The molecule has 1 amide bonds. The van der Waals surface area contributed by atoms with Gasteiger partial charge in [0, 0.05) is 31.9 Å². The number of nitrogens with zero attached hydrogens (tertiary/aromatic N) is 3. The molecule has 92 valence electrons. The van der Waals surface area contributed by atoms with E-state index in [0.717, 1.165) is 12.6 Å². The Bertz CT molecular complexity index is 548. The molecule has 1 rings (SSSR count). The Labute approximate surface area is 99.0 Å². The molecule has 7 nitrogen and oxygen atoms in total. The van der Waals surface area contributed by atoms with Crippen molar-refractivity contribution in [3.8, 4) is 0 Å². The van der Waals surface area contributed by atoms with Gasteiger partial charge < -0.3 is 4.90 Å². The molecule has 0 saturated heterocycles. The van der Waals surface area contributed by atoms with Crippen LogP contribution in [0.25, 0.3) is 0 Å². The number of carbonyl (C=O) groups is 1. The van der Waals surface area contributed by atoms with Crippen molar-refractivity contribution in [2.45, 2.75) is 6.92 Å². The third kappa shape index (κ3) is 2.64. The van der Waals surface area contributed by atoms with Gasteiger partial charge in [0.05, 0.1) is 11.8 Å². The lowest BCUT2D eigenvalue weighted by atomic mass is 10.4. The lowest BCUT2D eigenvalue weighted by Crippen LogP contribution is -2.48. The summed E-state index contributed by atoms with van der Waals surface area (Å²) < 4.78 is 23.3. The van der Waals surface area contributed by atoms with E-state index in [0.29, 0.717) is 3.97 Å². The molecule has 0 fully saturated rings. The van der Waals surface area contributed by atoms with Gasteiger partial charge in [0.25, 0.3) is 4.17 Å². The summed E-state index contributed by atoms with van der Waals surface area (Å²) in [5, 5.41) is 0. The number of amides is 1. The third-order valence-corrected chi connectivity index (χ3v) is 3.49. The van der Waals surface area contributed by atoms with Crippen LogP contribution in [0.15, 0.2) is 24.5 Å². The van der Waals surface area contributed by atoms with Crippen LogP contribution >= 0.6 is 0 Å². The smallest absolute Gasteiger partial charge is 0.377 e. The fourth-order valence-corrected chi connectivity index (χ4v) is 2.03. The standard InChI is InChI=1S/C9H13N3O4S/c1-8(13)12(14)17(15,16)11-6-4-9(5-7-11)10(2)3/h4-7H,1-3H3/q+2. The van der Waals surface area contributed by atoms with E-state index >= 15 is 0 Å². The number of hydrogen-bond donors (Lipinski definition) is 0. The maximum Gasteiger partial charge on any atom is 0.668 e. The molecule has 0 aromatic carbocycles. The predicted molar refractivity (Wildman–Crippen MR) is 59.6 cm³/mol. The summed E-state index contributed by atoms with van der Waals surface area (Å²) in [6.45, 7) is 0.888. The summed E-state index contributed by atoms with van der Waals surface area (Å²) in [4.78, 5) is 23.7. The van der Waals surface area contributed by atoms with Crippen LogP contribution in [-0.2, 0) is 15.0 Å². The Hall–Kier alpha value is -1.83. The molecule has 0 saturated carbocycles. The van der Waals surface area contributed by atoms with Gasteiger partial charge in [-0.2, -0.15) is 0 Å². The molecule has 1 aromatic rings. The topological polar surface area (TPSA) is 78.4 Å². The summed E-state index contributed by atoms with van der Waals surface area (Å²) >= 11 is 0. The highest BCUT2D eigenvalue weighted by Crippen LogP contribution is 2.06. The van der Waals surface area contributed by atoms with E-state index in [1.165, 1.54) is 24.5 Å². The Balaban J connectivity index is 3.18. The van der Waals surface area contributed by atoms with E-state index in [-0.39, 0.29) is 0 Å². The minimum atomic E-state index is -4.35. The second-order valence-corrected chi connectivity index (χ2v) is 5.18. The van der Waals surface area contributed by atoms with Crippen LogP contribution in [0.4, 0.5) is 5.69 Å². The van der Waals surface area contributed by atoms with Crippen LogP contribution in [0, 0.1) is 4.91 Å². The first-order valence-electron chi connectivity index (χ1n) is 4.69. The Morgan fingerprint density at radius 3 is 2.12 bits per heavy atom. The molecule has 0 aliphatic heterocycles. The van der Waals surface area contributed by atoms with Gasteiger partial charge in [-0.1, -0.05) is 0 Å². The van der Waals surface area contributed by atoms with Crippen molar-refractivity contribution in [1.29, 1.82) is 0 Å². The number of pyridine rings is 1. The van der Waals surface area contributed by atoms with E-state index in [1.54, 1.807) is 19.0 Å². The van der Waals surface area contributed by atoms with Crippen molar-refractivity contribution in [1.82, 2.24) is 0 Å². The van der Waals surface area contributed by atoms with Crippen LogP contribution in [-0.4, -0.2) is 32.6 Å². The number of rotatable bonds is 3. The quantitative estimate of drug-likeness (QED) is 0.681. The first-order valence-corrected chi connectivity index (χ1v) is 6.08. The summed E-state index contributed by atoms with van der Waals surface area (Å²) in [6.07, 6.45) is 2.41. The summed E-state index contributed by atoms with van der Waals surface area (Å²) in [7, 11) is -0.764. The predicted octanol–water partition coefficient (Wildman–Crippen LogP) is -0.542. The van der Waals surface area contributed by atoms with Crippen molar-refractivity contribution in [3.05, 3.63) is 29.4 Å². The molecule has 0 aliphatic carbocycles. The number of aromatic nitrogens is 1. The van der Waals surface area contributed by atoms with Crippen LogP contribution in [0.5, 0.6) is 0 Å². The van der Waals surface area contributed by atoms with E-state index in [9.17, 15) is 18.1 Å². The molecule has 8 heteroatoms. The Morgan fingerprint density at radius 2 is 1.76 bits per heavy atom. The molecule has 0 radical (unpaired) electrons. The second kappa shape index (κ2) is 4.58. The lowest BCUT2D eigenvalue weighted by molar-refractivity contribution is -0.557. The molecule has 1 aromatic heterocycles. The fraction of sp³-hybridized carbons (Fsp3) is 0.333. The van der Waals surface area contributed by atoms with Gasteiger partial charge in [0.2, 0.25) is 0 Å². The van der Waals surface area contributed by atoms with Gasteiger partial charge >= 0.3 is 16.1 Å². The van der Waals surface area contributed by atoms with E-state index in [4.69, 9.17) is 0 Å². The highest BCUT2D eigenvalue weighted by Gasteiger charge is 2.44. The normalized spacial score (nSPS) is 11.0. The molecule has 1 heterocycles. The van der Waals surface area contributed by atoms with Gasteiger partial charge in [-0.05, 0) is 3.97 Å². The maximum atomic E-state index is 11.6. The van der Waals surface area contributed by atoms with Crippen molar-refractivity contribution in [2.24, 2.45) is 0 Å². The molecular formula is C9H13N3O4S+2. The fourth-order valence-electron chi connectivity index (χ4n) is 1.10.